The van der Waals surface area contributed by atoms with Gasteiger partial charge in [0.1, 0.15) is 0 Å². The monoisotopic (exact) mass is 197 g/mol. The topological polar surface area (TPSA) is 3.24 Å². The summed E-state index contributed by atoms with van der Waals surface area (Å²) in [4.78, 5) is 2.37. The van der Waals surface area contributed by atoms with Crippen molar-refractivity contribution in [2.45, 2.75) is 58.8 Å². The minimum atomic E-state index is 1.20. The number of hydrogen-bond donors (Lipinski definition) is 0. The van der Waals surface area contributed by atoms with Gasteiger partial charge in [-0.05, 0) is 19.0 Å². The molecule has 0 radical (unpaired) electrons. The van der Waals surface area contributed by atoms with Crippen LogP contribution in [0.15, 0.2) is 12.8 Å². The molecule has 0 aliphatic carbocycles. The van der Waals surface area contributed by atoms with Crippen molar-refractivity contribution in [3.8, 4) is 0 Å². The van der Waals surface area contributed by atoms with E-state index in [0.29, 0.717) is 0 Å². The summed E-state index contributed by atoms with van der Waals surface area (Å²) < 4.78 is 0. The quantitative estimate of drug-likeness (QED) is 0.474. The maximum absolute atomic E-state index is 3.86. The van der Waals surface area contributed by atoms with Gasteiger partial charge in [-0.25, -0.2) is 0 Å². The van der Waals surface area contributed by atoms with Gasteiger partial charge in [0.25, 0.3) is 0 Å². The van der Waals surface area contributed by atoms with E-state index in [-0.39, 0.29) is 0 Å². The van der Waals surface area contributed by atoms with E-state index in [9.17, 15) is 0 Å². The summed E-state index contributed by atoms with van der Waals surface area (Å²) in [6.45, 7) is 10.8. The molecule has 1 nitrogen and oxygen atoms in total. The molecule has 0 aromatic carbocycles. The molecule has 0 heterocycles. The fourth-order valence-electron chi connectivity index (χ4n) is 1.60. The lowest BCUT2D eigenvalue weighted by molar-refractivity contribution is 0.353. The van der Waals surface area contributed by atoms with Gasteiger partial charge in [0.2, 0.25) is 0 Å². The third-order valence-electron chi connectivity index (χ3n) is 2.61. The lowest BCUT2D eigenvalue weighted by Gasteiger charge is -2.19. The minimum Gasteiger partial charge on any atom is -0.378 e. The summed E-state index contributed by atoms with van der Waals surface area (Å²) in [6, 6.07) is 0. The van der Waals surface area contributed by atoms with Crippen molar-refractivity contribution in [3.05, 3.63) is 12.8 Å². The van der Waals surface area contributed by atoms with Crippen LogP contribution in [-0.2, 0) is 0 Å². The summed E-state index contributed by atoms with van der Waals surface area (Å²) >= 11 is 0. The molecule has 0 amide bonds. The smallest absolute Gasteiger partial charge is 0.0172 e. The van der Waals surface area contributed by atoms with Crippen molar-refractivity contribution in [1.82, 2.24) is 4.90 Å². The van der Waals surface area contributed by atoms with Gasteiger partial charge < -0.3 is 4.90 Å². The maximum Gasteiger partial charge on any atom is 0.0172 e. The van der Waals surface area contributed by atoms with Gasteiger partial charge in [0.15, 0.2) is 0 Å². The summed E-state index contributed by atoms with van der Waals surface area (Å²) in [5.41, 5.74) is 0. The Morgan fingerprint density at radius 1 is 0.857 bits per heavy atom. The van der Waals surface area contributed by atoms with E-state index in [0.717, 1.165) is 0 Å². The van der Waals surface area contributed by atoms with Crippen LogP contribution >= 0.6 is 0 Å². The average molecular weight is 197 g/mol. The molecule has 0 saturated heterocycles. The van der Waals surface area contributed by atoms with Crippen LogP contribution in [0.1, 0.15) is 58.8 Å². The molecule has 0 aliphatic heterocycles. The highest BCUT2D eigenvalue weighted by Gasteiger charge is 1.97. The van der Waals surface area contributed by atoms with Crippen LogP contribution in [-0.4, -0.2) is 18.0 Å². The van der Waals surface area contributed by atoms with Gasteiger partial charge in [-0.15, -0.1) is 0 Å². The van der Waals surface area contributed by atoms with E-state index in [4.69, 9.17) is 0 Å². The van der Waals surface area contributed by atoms with Gasteiger partial charge in [-0.1, -0.05) is 52.5 Å². The maximum atomic E-state index is 3.86. The van der Waals surface area contributed by atoms with Crippen molar-refractivity contribution in [3.63, 3.8) is 0 Å². The first kappa shape index (κ1) is 13.5. The standard InChI is InChI=1S/C13H27N/c1-4-7-9-11-13-14(6-3)12-10-8-5-2/h6H,3-5,7-13H2,1-2H3. The first-order valence-corrected chi connectivity index (χ1v) is 6.21. The van der Waals surface area contributed by atoms with Crippen LogP contribution in [0.3, 0.4) is 0 Å². The molecule has 0 spiro atoms. The van der Waals surface area contributed by atoms with Crippen molar-refractivity contribution >= 4 is 0 Å². The van der Waals surface area contributed by atoms with Crippen molar-refractivity contribution in [1.29, 1.82) is 0 Å². The molecule has 0 aliphatic rings. The number of nitrogens with zero attached hydrogens (tertiary/aromatic N) is 1. The van der Waals surface area contributed by atoms with Crippen molar-refractivity contribution in [2.75, 3.05) is 13.1 Å². The highest BCUT2D eigenvalue weighted by Crippen LogP contribution is 2.03. The Morgan fingerprint density at radius 2 is 1.36 bits per heavy atom. The fraction of sp³-hybridized carbons (Fsp3) is 0.846. The van der Waals surface area contributed by atoms with E-state index >= 15 is 0 Å². The van der Waals surface area contributed by atoms with Crippen LogP contribution in [0.4, 0.5) is 0 Å². The van der Waals surface area contributed by atoms with Crippen molar-refractivity contribution in [2.24, 2.45) is 0 Å². The van der Waals surface area contributed by atoms with E-state index in [1.165, 1.54) is 58.0 Å². The summed E-state index contributed by atoms with van der Waals surface area (Å²) in [5, 5.41) is 0. The molecule has 0 saturated carbocycles. The fourth-order valence-corrected chi connectivity index (χ4v) is 1.60. The van der Waals surface area contributed by atoms with E-state index in [1.807, 2.05) is 6.20 Å². The molecule has 0 fully saturated rings. The van der Waals surface area contributed by atoms with Gasteiger partial charge in [-0.3, -0.25) is 0 Å². The molecule has 0 unspecified atom stereocenters. The molecule has 0 aromatic heterocycles. The summed E-state index contributed by atoms with van der Waals surface area (Å²) in [6.07, 6.45) is 11.4. The Hall–Kier alpha value is -0.460. The van der Waals surface area contributed by atoms with Crippen LogP contribution < -0.4 is 0 Å². The molecule has 0 rings (SSSR count). The first-order valence-electron chi connectivity index (χ1n) is 6.21. The number of hydrogen-bond acceptors (Lipinski definition) is 1. The lowest BCUT2D eigenvalue weighted by Crippen LogP contribution is -2.19. The van der Waals surface area contributed by atoms with Crippen LogP contribution in [0.5, 0.6) is 0 Å². The molecule has 84 valence electrons. The lowest BCUT2D eigenvalue weighted by atomic mass is 10.2. The molecular formula is C13H27N. The number of rotatable bonds is 10. The van der Waals surface area contributed by atoms with Crippen LogP contribution in [0.2, 0.25) is 0 Å². The second-order valence-electron chi connectivity index (χ2n) is 3.99. The average Bonchev–Trinajstić information content (AvgIpc) is 2.22. The second-order valence-corrected chi connectivity index (χ2v) is 3.99. The van der Waals surface area contributed by atoms with Gasteiger partial charge in [-0.2, -0.15) is 0 Å². The predicted molar refractivity (Wildman–Crippen MR) is 65.4 cm³/mol. The van der Waals surface area contributed by atoms with Gasteiger partial charge >= 0.3 is 0 Å². The van der Waals surface area contributed by atoms with Crippen LogP contribution in [0, 0.1) is 0 Å². The van der Waals surface area contributed by atoms with Gasteiger partial charge in [0.05, 0.1) is 0 Å². The van der Waals surface area contributed by atoms with Crippen LogP contribution in [0.25, 0.3) is 0 Å². The zero-order valence-corrected chi connectivity index (χ0v) is 10.1. The predicted octanol–water partition coefficient (Wildman–Crippen LogP) is 4.20. The third kappa shape index (κ3) is 8.15. The first-order chi connectivity index (χ1) is 6.85. The molecule has 0 atom stereocenters. The third-order valence-corrected chi connectivity index (χ3v) is 2.61. The van der Waals surface area contributed by atoms with E-state index in [1.54, 1.807) is 0 Å². The van der Waals surface area contributed by atoms with Gasteiger partial charge in [0, 0.05) is 13.1 Å². The Kier molecular flexibility index (Phi) is 10.3. The Morgan fingerprint density at radius 3 is 1.86 bits per heavy atom. The largest absolute Gasteiger partial charge is 0.378 e. The molecule has 14 heavy (non-hydrogen) atoms. The zero-order valence-electron chi connectivity index (χ0n) is 10.1. The Balaban J connectivity index is 3.33. The van der Waals surface area contributed by atoms with E-state index in [2.05, 4.69) is 25.3 Å². The molecule has 0 aromatic rings. The SMILES string of the molecule is C=CN(CCCCC)CCCCCC. The number of unbranched alkanes of at least 4 members (excludes halogenated alkanes) is 5. The Bertz CT molecular complexity index is 120. The summed E-state index contributed by atoms with van der Waals surface area (Å²) in [7, 11) is 0. The normalized spacial score (nSPS) is 10.1. The molecular weight excluding hydrogens is 170 g/mol. The molecule has 1 heteroatoms. The minimum absolute atomic E-state index is 1.20. The highest BCUT2D eigenvalue weighted by atomic mass is 15.1. The zero-order chi connectivity index (χ0) is 10.6. The second kappa shape index (κ2) is 10.6. The van der Waals surface area contributed by atoms with Crippen molar-refractivity contribution < 1.29 is 0 Å². The highest BCUT2D eigenvalue weighted by molar-refractivity contribution is 4.70. The molecule has 0 bridgehead atoms. The Labute approximate surface area is 90.2 Å². The van der Waals surface area contributed by atoms with E-state index < -0.39 is 0 Å². The molecule has 0 N–H and O–H groups in total. The summed E-state index contributed by atoms with van der Waals surface area (Å²) in [5.74, 6) is 0.